The van der Waals surface area contributed by atoms with Crippen LogP contribution < -0.4 is 5.32 Å². The predicted molar refractivity (Wildman–Crippen MR) is 119 cm³/mol. The van der Waals surface area contributed by atoms with Crippen LogP contribution in [0.25, 0.3) is 11.1 Å². The first-order valence-electron chi connectivity index (χ1n) is 11.1. The Morgan fingerprint density at radius 2 is 1.66 bits per heavy atom. The van der Waals surface area contributed by atoms with Crippen LogP contribution in [0.5, 0.6) is 0 Å². The van der Waals surface area contributed by atoms with E-state index in [4.69, 9.17) is 9.84 Å². The molecule has 0 bridgehead atoms. The number of alkyl carbamates (subject to hydrolysis) is 1. The van der Waals surface area contributed by atoms with Gasteiger partial charge in [0, 0.05) is 12.0 Å². The zero-order valence-electron chi connectivity index (χ0n) is 18.1. The van der Waals surface area contributed by atoms with Crippen molar-refractivity contribution in [2.45, 2.75) is 50.6 Å². The largest absolute Gasteiger partial charge is 0.480 e. The van der Waals surface area contributed by atoms with Crippen LogP contribution in [0.3, 0.4) is 0 Å². The summed E-state index contributed by atoms with van der Waals surface area (Å²) in [5.41, 5.74) is 4.52. The third kappa shape index (κ3) is 4.61. The lowest BCUT2D eigenvalue weighted by molar-refractivity contribution is -0.145. The van der Waals surface area contributed by atoms with Gasteiger partial charge in [0.05, 0.1) is 0 Å². The molecule has 7 heteroatoms. The first-order chi connectivity index (χ1) is 15.5. The number of rotatable bonds is 9. The maximum absolute atomic E-state index is 13.0. The highest BCUT2D eigenvalue weighted by Crippen LogP contribution is 2.44. The van der Waals surface area contributed by atoms with Crippen LogP contribution >= 0.6 is 0 Å². The summed E-state index contributed by atoms with van der Waals surface area (Å²) in [6, 6.07) is 15.3. The Morgan fingerprint density at radius 1 is 1.06 bits per heavy atom. The molecule has 1 atom stereocenters. The van der Waals surface area contributed by atoms with E-state index in [1.807, 2.05) is 43.3 Å². The van der Waals surface area contributed by atoms with Gasteiger partial charge in [0.1, 0.15) is 19.2 Å². The number of carboxylic acid groups (broad SMARTS) is 1. The second-order valence-corrected chi connectivity index (χ2v) is 8.40. The third-order valence-electron chi connectivity index (χ3n) is 6.09. The van der Waals surface area contributed by atoms with E-state index in [0.717, 1.165) is 35.1 Å². The van der Waals surface area contributed by atoms with E-state index in [-0.39, 0.29) is 31.0 Å². The normalized spacial score (nSPS) is 15.4. The summed E-state index contributed by atoms with van der Waals surface area (Å²) in [6.07, 6.45) is 2.02. The molecule has 2 aromatic carbocycles. The number of nitrogens with zero attached hydrogens (tertiary/aromatic N) is 1. The topological polar surface area (TPSA) is 95.9 Å². The molecular weight excluding hydrogens is 408 g/mol. The van der Waals surface area contributed by atoms with E-state index in [2.05, 4.69) is 17.4 Å². The van der Waals surface area contributed by atoms with Gasteiger partial charge in [-0.1, -0.05) is 61.9 Å². The first-order valence-corrected chi connectivity index (χ1v) is 11.1. The molecule has 1 fully saturated rings. The molecule has 2 N–H and O–H groups in total. The van der Waals surface area contributed by atoms with Crippen molar-refractivity contribution in [2.24, 2.45) is 0 Å². The van der Waals surface area contributed by atoms with Crippen LogP contribution in [0.15, 0.2) is 48.5 Å². The predicted octanol–water partition coefficient (Wildman–Crippen LogP) is 3.77. The highest BCUT2D eigenvalue weighted by atomic mass is 16.5. The van der Waals surface area contributed by atoms with E-state index < -0.39 is 18.1 Å². The van der Waals surface area contributed by atoms with Gasteiger partial charge in [0.2, 0.25) is 5.91 Å². The maximum atomic E-state index is 13.0. The van der Waals surface area contributed by atoms with Crippen molar-refractivity contribution < 1.29 is 24.2 Å². The fraction of sp³-hybridized carbons (Fsp3) is 0.400. The quantitative estimate of drug-likeness (QED) is 0.624. The molecule has 32 heavy (non-hydrogen) atoms. The van der Waals surface area contributed by atoms with Gasteiger partial charge in [-0.25, -0.2) is 4.79 Å². The van der Waals surface area contributed by atoms with Crippen LogP contribution in [0.1, 0.15) is 49.7 Å². The highest BCUT2D eigenvalue weighted by Gasteiger charge is 2.37. The van der Waals surface area contributed by atoms with Gasteiger partial charge in [-0.05, 0) is 41.5 Å². The molecule has 0 saturated heterocycles. The van der Waals surface area contributed by atoms with Gasteiger partial charge >= 0.3 is 12.1 Å². The van der Waals surface area contributed by atoms with Gasteiger partial charge in [-0.3, -0.25) is 9.59 Å². The van der Waals surface area contributed by atoms with Crippen molar-refractivity contribution >= 4 is 18.0 Å². The lowest BCUT2D eigenvalue weighted by atomic mass is 9.98. The van der Waals surface area contributed by atoms with Crippen LogP contribution in [0.4, 0.5) is 4.79 Å². The van der Waals surface area contributed by atoms with Crippen molar-refractivity contribution in [3.8, 4) is 11.1 Å². The molecule has 168 valence electrons. The molecule has 2 aromatic rings. The fourth-order valence-corrected chi connectivity index (χ4v) is 4.45. The molecule has 0 aliphatic heterocycles. The van der Waals surface area contributed by atoms with E-state index >= 15 is 0 Å². The lowest BCUT2D eigenvalue weighted by Crippen LogP contribution is -2.50. The molecule has 1 saturated carbocycles. The zero-order valence-corrected chi connectivity index (χ0v) is 18.1. The Kier molecular flexibility index (Phi) is 6.44. The number of carbonyl (C=O) groups is 3. The molecule has 0 heterocycles. The lowest BCUT2D eigenvalue weighted by Gasteiger charge is -2.26. The number of amides is 2. The molecule has 2 amide bonds. The second kappa shape index (κ2) is 9.42. The van der Waals surface area contributed by atoms with E-state index in [1.165, 1.54) is 4.90 Å². The molecule has 0 radical (unpaired) electrons. The molecule has 1 unspecified atom stereocenters. The second-order valence-electron chi connectivity index (χ2n) is 8.40. The number of hydrogen-bond acceptors (Lipinski definition) is 4. The Hall–Kier alpha value is -3.35. The van der Waals surface area contributed by atoms with Gasteiger partial charge in [0.15, 0.2) is 0 Å². The summed E-state index contributed by atoms with van der Waals surface area (Å²) >= 11 is 0. The number of nitrogens with one attached hydrogen (secondary N) is 1. The summed E-state index contributed by atoms with van der Waals surface area (Å²) in [5, 5.41) is 11.8. The highest BCUT2D eigenvalue weighted by molar-refractivity contribution is 5.88. The molecular formula is C25H28N2O5. The third-order valence-corrected chi connectivity index (χ3v) is 6.09. The molecule has 7 nitrogen and oxygen atoms in total. The van der Waals surface area contributed by atoms with E-state index in [9.17, 15) is 14.4 Å². The number of carbonyl (C=O) groups excluding carboxylic acids is 2. The fourth-order valence-electron chi connectivity index (χ4n) is 4.45. The molecule has 2 aliphatic rings. The van der Waals surface area contributed by atoms with Crippen LogP contribution in [-0.4, -0.2) is 53.2 Å². The van der Waals surface area contributed by atoms with E-state index in [1.54, 1.807) is 0 Å². The average Bonchev–Trinajstić information content (AvgIpc) is 3.58. The van der Waals surface area contributed by atoms with Crippen LogP contribution in [0.2, 0.25) is 0 Å². The Balaban J connectivity index is 1.42. The summed E-state index contributed by atoms with van der Waals surface area (Å²) in [6.45, 7) is 1.72. The summed E-state index contributed by atoms with van der Waals surface area (Å²) in [4.78, 5) is 38.2. The molecule has 4 rings (SSSR count). The zero-order chi connectivity index (χ0) is 22.7. The molecule has 2 aliphatic carbocycles. The van der Waals surface area contributed by atoms with Crippen molar-refractivity contribution in [3.05, 3.63) is 59.7 Å². The minimum atomic E-state index is -1.05. The number of carboxylic acids is 1. The van der Waals surface area contributed by atoms with Gasteiger partial charge in [-0.15, -0.1) is 0 Å². The number of ether oxygens (including phenoxy) is 1. The number of hydrogen-bond donors (Lipinski definition) is 2. The van der Waals surface area contributed by atoms with Gasteiger partial charge < -0.3 is 20.1 Å². The Labute approximate surface area is 187 Å². The van der Waals surface area contributed by atoms with Crippen LogP contribution in [0, 0.1) is 0 Å². The van der Waals surface area contributed by atoms with Crippen molar-refractivity contribution in [1.29, 1.82) is 0 Å². The average molecular weight is 437 g/mol. The maximum Gasteiger partial charge on any atom is 0.407 e. The van der Waals surface area contributed by atoms with Crippen molar-refractivity contribution in [1.82, 2.24) is 10.2 Å². The molecule has 0 aromatic heterocycles. The number of aliphatic carboxylic acids is 1. The van der Waals surface area contributed by atoms with E-state index in [0.29, 0.717) is 12.8 Å². The standard InChI is InChI=1S/C25H28N2O5/c1-2-7-22(24(30)27(14-23(28)29)16-12-13-16)26-25(31)32-15-21-19-10-5-3-8-17(19)18-9-4-6-11-20(18)21/h3-6,8-11,16,21-22H,2,7,12-15H2,1H3,(H,26,31)(H,28,29). The summed E-state index contributed by atoms with van der Waals surface area (Å²) in [5.74, 6) is -1.48. The van der Waals surface area contributed by atoms with Crippen LogP contribution in [-0.2, 0) is 14.3 Å². The van der Waals surface area contributed by atoms with Crippen molar-refractivity contribution in [3.63, 3.8) is 0 Å². The number of fused-ring (bicyclic) bond motifs is 3. The summed E-state index contributed by atoms with van der Waals surface area (Å²) < 4.78 is 5.57. The Morgan fingerprint density at radius 3 is 2.19 bits per heavy atom. The first kappa shape index (κ1) is 21.9. The monoisotopic (exact) mass is 436 g/mol. The van der Waals surface area contributed by atoms with Gasteiger partial charge in [-0.2, -0.15) is 0 Å². The number of benzene rings is 2. The van der Waals surface area contributed by atoms with Gasteiger partial charge in [0.25, 0.3) is 0 Å². The minimum absolute atomic E-state index is 0.0535. The van der Waals surface area contributed by atoms with Crippen molar-refractivity contribution in [2.75, 3.05) is 13.2 Å². The Bertz CT molecular complexity index is 971. The SMILES string of the molecule is CCCC(NC(=O)OCC1c2ccccc2-c2ccccc21)C(=O)N(CC(=O)O)C1CC1. The molecule has 0 spiro atoms. The minimum Gasteiger partial charge on any atom is -0.480 e. The smallest absolute Gasteiger partial charge is 0.407 e. The summed E-state index contributed by atoms with van der Waals surface area (Å²) in [7, 11) is 0.